The molecule has 0 aliphatic rings. The third-order valence-corrected chi connectivity index (χ3v) is 13.2. The van der Waals surface area contributed by atoms with Crippen molar-refractivity contribution >= 4 is 25.7 Å². The smallest absolute Gasteiger partial charge is 0.462 e. The van der Waals surface area contributed by atoms with E-state index in [1.807, 2.05) is 0 Å². The van der Waals surface area contributed by atoms with E-state index in [1.54, 1.807) is 0 Å². The Hall–Kier alpha value is -3.34. The number of carbonyl (C=O) groups is 3. The van der Waals surface area contributed by atoms with Crippen LogP contribution in [-0.2, 0) is 42.2 Å². The van der Waals surface area contributed by atoms with Gasteiger partial charge in [-0.25, -0.2) is 4.57 Å². The Balaban J connectivity index is 4.77. The average Bonchev–Trinajstić information content (AvgIpc) is 3.39. The molecule has 0 aliphatic carbocycles. The summed E-state index contributed by atoms with van der Waals surface area (Å²) in [6.07, 6.45) is 63.9. The molecule has 12 heteroatoms. The van der Waals surface area contributed by atoms with E-state index in [0.717, 1.165) is 148 Å². The van der Waals surface area contributed by atoms with Crippen LogP contribution in [0.1, 0.15) is 252 Å². The lowest BCUT2D eigenvalue weighted by Gasteiger charge is -2.21. The van der Waals surface area contributed by atoms with Crippen LogP contribution in [0.2, 0.25) is 0 Å². The second-order valence-electron chi connectivity index (χ2n) is 19.4. The summed E-state index contributed by atoms with van der Waals surface area (Å²) in [4.78, 5) is 48.6. The Kier molecular flexibility index (Phi) is 53.4. The first-order valence-corrected chi connectivity index (χ1v) is 31.0. The molecule has 3 atom stereocenters. The summed E-state index contributed by atoms with van der Waals surface area (Å²) in [5.41, 5.74) is 0. The van der Waals surface area contributed by atoms with Gasteiger partial charge < -0.3 is 24.2 Å². The van der Waals surface area contributed by atoms with Gasteiger partial charge in [0.15, 0.2) is 6.10 Å². The summed E-state index contributed by atoms with van der Waals surface area (Å²) in [5.74, 6) is -1.51. The van der Waals surface area contributed by atoms with Crippen LogP contribution >= 0.6 is 7.82 Å². The number of esters is 3. The number of carbonyl (C=O) groups excluding carboxylic acids is 3. The molecular weight excluding hydrogens is 952 g/mol. The van der Waals surface area contributed by atoms with Crippen molar-refractivity contribution in [3.63, 3.8) is 0 Å². The first-order chi connectivity index (χ1) is 36.2. The van der Waals surface area contributed by atoms with Crippen LogP contribution in [0.4, 0.5) is 0 Å². The van der Waals surface area contributed by atoms with Crippen molar-refractivity contribution in [1.29, 1.82) is 0 Å². The van der Waals surface area contributed by atoms with E-state index < -0.39 is 57.8 Å². The van der Waals surface area contributed by atoms with Gasteiger partial charge in [-0.05, 0) is 116 Å². The fourth-order valence-electron chi connectivity index (χ4n) is 7.78. The van der Waals surface area contributed by atoms with Crippen molar-refractivity contribution < 1.29 is 52.2 Å². The maximum absolute atomic E-state index is 12.9. The number of ether oxygens (including phenoxy) is 3. The van der Waals surface area contributed by atoms with E-state index in [2.05, 4.69) is 106 Å². The molecule has 2 N–H and O–H groups in total. The van der Waals surface area contributed by atoms with Crippen molar-refractivity contribution in [3.8, 4) is 0 Å². The van der Waals surface area contributed by atoms with Gasteiger partial charge in [-0.2, -0.15) is 0 Å². The van der Waals surface area contributed by atoms with Gasteiger partial charge in [-0.3, -0.25) is 23.4 Å². The molecule has 0 saturated heterocycles. The summed E-state index contributed by atoms with van der Waals surface area (Å²) in [6, 6.07) is 0. The molecule has 0 spiro atoms. The summed E-state index contributed by atoms with van der Waals surface area (Å²) < 4.78 is 39.5. The van der Waals surface area contributed by atoms with Crippen molar-refractivity contribution in [2.45, 2.75) is 264 Å². The Morgan fingerprint density at radius 3 is 1.12 bits per heavy atom. The first-order valence-electron chi connectivity index (χ1n) is 29.5. The van der Waals surface area contributed by atoms with E-state index >= 15 is 0 Å². The molecule has 0 aromatic heterocycles. The fourth-order valence-corrected chi connectivity index (χ4v) is 8.57. The lowest BCUT2D eigenvalue weighted by molar-refractivity contribution is -0.161. The van der Waals surface area contributed by atoms with Crippen LogP contribution in [-0.4, -0.2) is 66.5 Å². The normalized spacial score (nSPS) is 14.0. The molecule has 0 radical (unpaired) electrons. The van der Waals surface area contributed by atoms with E-state index in [-0.39, 0.29) is 25.9 Å². The minimum absolute atomic E-state index is 0.145. The Labute approximate surface area is 451 Å². The maximum Gasteiger partial charge on any atom is 0.472 e. The van der Waals surface area contributed by atoms with Gasteiger partial charge in [-0.15, -0.1) is 0 Å². The largest absolute Gasteiger partial charge is 0.472 e. The molecule has 0 bridgehead atoms. The molecule has 0 amide bonds. The third kappa shape index (κ3) is 53.5. The molecule has 0 aliphatic heterocycles. The van der Waals surface area contributed by atoms with Crippen molar-refractivity contribution in [1.82, 2.24) is 0 Å². The average molecular weight is 1060 g/mol. The van der Waals surface area contributed by atoms with Gasteiger partial charge >= 0.3 is 25.7 Å². The molecule has 0 rings (SSSR count). The number of allylic oxidation sites excluding steroid dienone is 14. The molecule has 0 saturated carbocycles. The molecule has 0 aromatic carbocycles. The Bertz CT molecular complexity index is 1560. The zero-order chi connectivity index (χ0) is 54.1. The van der Waals surface area contributed by atoms with Gasteiger partial charge in [0, 0.05) is 19.3 Å². The Morgan fingerprint density at radius 1 is 0.392 bits per heavy atom. The SMILES string of the molecule is CC/C=C\C/C=C\C/C=C\C/C=C\CCCCCCCCC(=O)OCC(COP(=O)(O)OCC(CO)OC(=O)CCCCCCC/C=C\CCCCCC)OC(=O)CCCCCCC/C=C\C/C=C\CCCCC. The van der Waals surface area contributed by atoms with Gasteiger partial charge in [0.2, 0.25) is 0 Å². The van der Waals surface area contributed by atoms with Crippen LogP contribution < -0.4 is 0 Å². The van der Waals surface area contributed by atoms with E-state index in [0.29, 0.717) is 19.3 Å². The monoisotopic (exact) mass is 1060 g/mol. The summed E-state index contributed by atoms with van der Waals surface area (Å²) in [6.45, 7) is 4.45. The van der Waals surface area contributed by atoms with Crippen molar-refractivity contribution in [3.05, 3.63) is 85.1 Å². The highest BCUT2D eigenvalue weighted by atomic mass is 31.2. The molecule has 0 heterocycles. The second-order valence-corrected chi connectivity index (χ2v) is 20.9. The van der Waals surface area contributed by atoms with Gasteiger partial charge in [-0.1, -0.05) is 202 Å². The van der Waals surface area contributed by atoms with E-state index in [9.17, 15) is 28.9 Å². The summed E-state index contributed by atoms with van der Waals surface area (Å²) >= 11 is 0. The predicted molar refractivity (Wildman–Crippen MR) is 307 cm³/mol. The molecule has 11 nitrogen and oxygen atoms in total. The van der Waals surface area contributed by atoms with Gasteiger partial charge in [0.05, 0.1) is 19.8 Å². The molecule has 74 heavy (non-hydrogen) atoms. The summed E-state index contributed by atoms with van der Waals surface area (Å²) in [7, 11) is -4.76. The zero-order valence-corrected chi connectivity index (χ0v) is 47.9. The number of phosphoric ester groups is 1. The lowest BCUT2D eigenvalue weighted by atomic mass is 10.1. The minimum Gasteiger partial charge on any atom is -0.462 e. The van der Waals surface area contributed by atoms with Crippen molar-refractivity contribution in [2.75, 3.05) is 26.4 Å². The topological polar surface area (TPSA) is 155 Å². The van der Waals surface area contributed by atoms with Crippen LogP contribution in [0.3, 0.4) is 0 Å². The highest BCUT2D eigenvalue weighted by molar-refractivity contribution is 7.47. The quantitative estimate of drug-likeness (QED) is 0.0197. The van der Waals surface area contributed by atoms with Crippen LogP contribution in [0.5, 0.6) is 0 Å². The molecule has 3 unspecified atom stereocenters. The molecule has 0 aromatic rings. The summed E-state index contributed by atoms with van der Waals surface area (Å²) in [5, 5.41) is 9.81. The number of rotatable bonds is 54. The number of phosphoric acid groups is 1. The number of aliphatic hydroxyl groups is 1. The highest BCUT2D eigenvalue weighted by Crippen LogP contribution is 2.43. The highest BCUT2D eigenvalue weighted by Gasteiger charge is 2.28. The van der Waals surface area contributed by atoms with Crippen LogP contribution in [0.25, 0.3) is 0 Å². The third-order valence-electron chi connectivity index (χ3n) is 12.3. The molecular formula is C62H107O11P. The number of unbranched alkanes of at least 4 members (excludes halogenated alkanes) is 23. The second kappa shape index (κ2) is 55.9. The standard InChI is InChI=1S/C62H107O11P/c1-4-7-10-13-16-19-22-25-27-28-29-30-32-34-36-39-42-45-48-51-60(64)69-55-59(73-62(66)53-50-47-44-41-38-35-31-26-23-20-17-14-11-8-5-2)57-71-74(67,68)70-56-58(54-63)72-61(65)52-49-46-43-40-37-33-24-21-18-15-12-9-6-3/h7,10,16-17,19-21,24-27,29-31,58-59,63H,4-6,8-9,11-15,18,22-23,28,32-57H2,1-3H3,(H,67,68)/b10-7-,19-16-,20-17-,24-21-,27-25-,30-29-,31-26-. The van der Waals surface area contributed by atoms with Crippen molar-refractivity contribution in [2.24, 2.45) is 0 Å². The molecule has 0 fully saturated rings. The van der Waals surface area contributed by atoms with Gasteiger partial charge in [0.1, 0.15) is 12.7 Å². The first kappa shape index (κ1) is 70.7. The maximum atomic E-state index is 12.9. The van der Waals surface area contributed by atoms with Crippen LogP contribution in [0, 0.1) is 0 Å². The number of hydrogen-bond donors (Lipinski definition) is 2. The number of hydrogen-bond acceptors (Lipinski definition) is 10. The predicted octanol–water partition coefficient (Wildman–Crippen LogP) is 17.5. The fraction of sp³-hybridized carbons (Fsp3) is 0.726. The minimum atomic E-state index is -4.76. The zero-order valence-electron chi connectivity index (χ0n) is 47.0. The lowest BCUT2D eigenvalue weighted by Crippen LogP contribution is -2.30. The molecule has 426 valence electrons. The van der Waals surface area contributed by atoms with E-state index in [4.69, 9.17) is 23.3 Å². The van der Waals surface area contributed by atoms with Crippen LogP contribution in [0.15, 0.2) is 85.1 Å². The van der Waals surface area contributed by atoms with Gasteiger partial charge in [0.25, 0.3) is 0 Å². The van der Waals surface area contributed by atoms with E-state index in [1.165, 1.54) is 44.9 Å². The number of aliphatic hydroxyl groups excluding tert-OH is 1. The Morgan fingerprint density at radius 2 is 0.703 bits per heavy atom.